The highest BCUT2D eigenvalue weighted by molar-refractivity contribution is 9.10. The SMILES string of the molecule is COc1ccc(CN(C)C(=O)C2CCCN(Cc3nc(-c4cccc(Br)c4)no3)C2)cc1OC. The molecule has 8 nitrogen and oxygen atoms in total. The molecule has 2 heterocycles. The van der Waals surface area contributed by atoms with Crippen LogP contribution in [-0.4, -0.2) is 60.2 Å². The number of aromatic nitrogens is 2. The molecule has 1 aliphatic rings. The number of hydrogen-bond acceptors (Lipinski definition) is 7. The van der Waals surface area contributed by atoms with Crippen molar-refractivity contribution in [3.63, 3.8) is 0 Å². The Balaban J connectivity index is 1.35. The van der Waals surface area contributed by atoms with Gasteiger partial charge in [-0.15, -0.1) is 0 Å². The van der Waals surface area contributed by atoms with Gasteiger partial charge in [0.25, 0.3) is 0 Å². The van der Waals surface area contributed by atoms with E-state index in [9.17, 15) is 4.79 Å². The van der Waals surface area contributed by atoms with Crippen LogP contribution >= 0.6 is 15.9 Å². The van der Waals surface area contributed by atoms with Crippen LogP contribution in [0.3, 0.4) is 0 Å². The molecule has 1 amide bonds. The van der Waals surface area contributed by atoms with E-state index in [0.717, 1.165) is 35.0 Å². The zero-order valence-electron chi connectivity index (χ0n) is 19.7. The second-order valence-corrected chi connectivity index (χ2v) is 9.40. The van der Waals surface area contributed by atoms with Crippen molar-refractivity contribution >= 4 is 21.8 Å². The van der Waals surface area contributed by atoms with Crippen molar-refractivity contribution in [3.05, 3.63) is 58.4 Å². The van der Waals surface area contributed by atoms with Crippen molar-refractivity contribution in [1.29, 1.82) is 0 Å². The van der Waals surface area contributed by atoms with Crippen LogP contribution in [-0.2, 0) is 17.9 Å². The third kappa shape index (κ3) is 5.77. The smallest absolute Gasteiger partial charge is 0.241 e. The molecule has 180 valence electrons. The molecule has 0 spiro atoms. The Bertz CT molecular complexity index is 1140. The molecule has 1 unspecified atom stereocenters. The van der Waals surface area contributed by atoms with E-state index in [1.54, 1.807) is 19.1 Å². The molecular weight excluding hydrogens is 500 g/mol. The lowest BCUT2D eigenvalue weighted by atomic mass is 9.96. The van der Waals surface area contributed by atoms with E-state index in [2.05, 4.69) is 31.0 Å². The average molecular weight is 529 g/mol. The zero-order chi connectivity index (χ0) is 24.1. The third-order valence-corrected chi connectivity index (χ3v) is 6.50. The van der Waals surface area contributed by atoms with Gasteiger partial charge >= 0.3 is 0 Å². The van der Waals surface area contributed by atoms with Gasteiger partial charge in [0.2, 0.25) is 17.6 Å². The zero-order valence-corrected chi connectivity index (χ0v) is 21.2. The number of carbonyl (C=O) groups is 1. The number of rotatable bonds is 8. The highest BCUT2D eigenvalue weighted by atomic mass is 79.9. The van der Waals surface area contributed by atoms with Crippen LogP contribution in [0.15, 0.2) is 51.5 Å². The van der Waals surface area contributed by atoms with Crippen LogP contribution in [0.5, 0.6) is 11.5 Å². The highest BCUT2D eigenvalue weighted by Gasteiger charge is 2.29. The monoisotopic (exact) mass is 528 g/mol. The number of benzene rings is 2. The standard InChI is InChI=1S/C25H29BrN4O4/c1-29(14-17-9-10-21(32-2)22(12-17)33-3)25(31)19-7-5-11-30(15-19)16-23-27-24(28-34-23)18-6-4-8-20(26)13-18/h4,6,8-10,12-13,19H,5,7,11,14-16H2,1-3H3. The molecule has 3 aromatic rings. The van der Waals surface area contributed by atoms with E-state index >= 15 is 0 Å². The van der Waals surface area contributed by atoms with Gasteiger partial charge in [0, 0.05) is 30.2 Å². The van der Waals surface area contributed by atoms with Crippen LogP contribution in [0.1, 0.15) is 24.3 Å². The fourth-order valence-electron chi connectivity index (χ4n) is 4.30. The minimum atomic E-state index is -0.0636. The number of halogens is 1. The summed E-state index contributed by atoms with van der Waals surface area (Å²) in [6, 6.07) is 13.5. The summed E-state index contributed by atoms with van der Waals surface area (Å²) in [6.07, 6.45) is 1.83. The first-order valence-electron chi connectivity index (χ1n) is 11.2. The summed E-state index contributed by atoms with van der Waals surface area (Å²) >= 11 is 3.47. The molecule has 1 aromatic heterocycles. The molecule has 9 heteroatoms. The van der Waals surface area contributed by atoms with E-state index in [1.165, 1.54) is 0 Å². The summed E-state index contributed by atoms with van der Waals surface area (Å²) in [5.74, 6) is 2.53. The van der Waals surface area contributed by atoms with Crippen LogP contribution in [0, 0.1) is 5.92 Å². The summed E-state index contributed by atoms with van der Waals surface area (Å²) in [5, 5.41) is 4.12. The maximum atomic E-state index is 13.2. The molecule has 0 aliphatic carbocycles. The first kappa shape index (κ1) is 24.2. The number of methoxy groups -OCH3 is 2. The predicted molar refractivity (Wildman–Crippen MR) is 131 cm³/mol. The highest BCUT2D eigenvalue weighted by Crippen LogP contribution is 2.28. The fraction of sp³-hybridized carbons (Fsp3) is 0.400. The van der Waals surface area contributed by atoms with Gasteiger partial charge in [-0.05, 0) is 49.2 Å². The van der Waals surface area contributed by atoms with Crippen molar-refractivity contribution in [2.45, 2.75) is 25.9 Å². The summed E-state index contributed by atoms with van der Waals surface area (Å²) in [7, 11) is 5.07. The van der Waals surface area contributed by atoms with Crippen molar-refractivity contribution in [1.82, 2.24) is 19.9 Å². The largest absolute Gasteiger partial charge is 0.493 e. The molecule has 0 saturated carbocycles. The second kappa shape index (κ2) is 11.0. The second-order valence-electron chi connectivity index (χ2n) is 8.48. The van der Waals surface area contributed by atoms with Gasteiger partial charge in [-0.1, -0.05) is 39.3 Å². The third-order valence-electron chi connectivity index (χ3n) is 6.01. The Morgan fingerprint density at radius 2 is 2.03 bits per heavy atom. The van der Waals surface area contributed by atoms with Crippen molar-refractivity contribution < 1.29 is 18.8 Å². The van der Waals surface area contributed by atoms with Gasteiger partial charge in [0.1, 0.15) is 0 Å². The number of nitrogens with zero attached hydrogens (tertiary/aromatic N) is 4. The van der Waals surface area contributed by atoms with E-state index < -0.39 is 0 Å². The van der Waals surface area contributed by atoms with Gasteiger partial charge in [0.15, 0.2) is 11.5 Å². The Morgan fingerprint density at radius 1 is 1.21 bits per heavy atom. The Labute approximate surface area is 208 Å². The van der Waals surface area contributed by atoms with Crippen molar-refractivity contribution in [2.75, 3.05) is 34.4 Å². The van der Waals surface area contributed by atoms with Crippen LogP contribution < -0.4 is 9.47 Å². The molecule has 0 bridgehead atoms. The van der Waals surface area contributed by atoms with Crippen molar-refractivity contribution in [2.24, 2.45) is 5.92 Å². The summed E-state index contributed by atoms with van der Waals surface area (Å²) in [6.45, 7) is 2.61. The van der Waals surface area contributed by atoms with Crippen LogP contribution in [0.2, 0.25) is 0 Å². The van der Waals surface area contributed by atoms with Crippen LogP contribution in [0.25, 0.3) is 11.4 Å². The van der Waals surface area contributed by atoms with E-state index in [-0.39, 0.29) is 11.8 Å². The molecule has 1 atom stereocenters. The van der Waals surface area contributed by atoms with E-state index in [4.69, 9.17) is 14.0 Å². The Hall–Kier alpha value is -2.91. The quantitative estimate of drug-likeness (QED) is 0.428. The average Bonchev–Trinajstić information content (AvgIpc) is 3.32. The molecule has 2 aromatic carbocycles. The maximum absolute atomic E-state index is 13.2. The number of hydrogen-bond donors (Lipinski definition) is 0. The molecule has 34 heavy (non-hydrogen) atoms. The first-order chi connectivity index (χ1) is 16.5. The Kier molecular flexibility index (Phi) is 7.84. The van der Waals surface area contributed by atoms with Gasteiger partial charge in [0.05, 0.1) is 26.7 Å². The van der Waals surface area contributed by atoms with Gasteiger partial charge < -0.3 is 18.9 Å². The van der Waals surface area contributed by atoms with Gasteiger partial charge in [-0.25, -0.2) is 0 Å². The predicted octanol–water partition coefficient (Wildman–Crippen LogP) is 4.39. The van der Waals surface area contributed by atoms with E-state index in [1.807, 2.05) is 49.5 Å². The fourth-order valence-corrected chi connectivity index (χ4v) is 4.70. The van der Waals surface area contributed by atoms with Gasteiger partial charge in [-0.3, -0.25) is 9.69 Å². The van der Waals surface area contributed by atoms with Gasteiger partial charge in [-0.2, -0.15) is 4.98 Å². The number of piperidine rings is 1. The number of amides is 1. The lowest BCUT2D eigenvalue weighted by molar-refractivity contribution is -0.136. The summed E-state index contributed by atoms with van der Waals surface area (Å²) in [5.41, 5.74) is 1.89. The molecule has 1 aliphatic heterocycles. The van der Waals surface area contributed by atoms with Crippen LogP contribution in [0.4, 0.5) is 0 Å². The maximum Gasteiger partial charge on any atom is 0.241 e. The number of carbonyl (C=O) groups excluding carboxylic acids is 1. The lowest BCUT2D eigenvalue weighted by Crippen LogP contribution is -2.43. The molecule has 4 rings (SSSR count). The first-order valence-corrected chi connectivity index (χ1v) is 12.0. The molecule has 1 fully saturated rings. The molecule has 0 radical (unpaired) electrons. The van der Waals surface area contributed by atoms with E-state index in [0.29, 0.717) is 42.8 Å². The molecular formula is C25H29BrN4O4. The minimum Gasteiger partial charge on any atom is -0.493 e. The normalized spacial score (nSPS) is 16.3. The summed E-state index contributed by atoms with van der Waals surface area (Å²) < 4.78 is 17.1. The molecule has 0 N–H and O–H groups in total. The molecule has 1 saturated heterocycles. The number of likely N-dealkylation sites (tertiary alicyclic amines) is 1. The minimum absolute atomic E-state index is 0.0636. The topological polar surface area (TPSA) is 80.9 Å². The Morgan fingerprint density at radius 3 is 2.79 bits per heavy atom. The number of ether oxygens (including phenoxy) is 2. The van der Waals surface area contributed by atoms with Crippen molar-refractivity contribution in [3.8, 4) is 22.9 Å². The lowest BCUT2D eigenvalue weighted by Gasteiger charge is -2.33. The summed E-state index contributed by atoms with van der Waals surface area (Å²) in [4.78, 5) is 21.7.